The largest absolute Gasteiger partial charge is 0.352 e. The van der Waals surface area contributed by atoms with Gasteiger partial charge in [-0.2, -0.15) is 0 Å². The number of aromatic amines is 1. The minimum Gasteiger partial charge on any atom is -0.352 e. The first kappa shape index (κ1) is 18.3. The molecule has 0 fully saturated rings. The Balaban J connectivity index is 0.00000100. The van der Waals surface area contributed by atoms with E-state index in [2.05, 4.69) is 20.3 Å². The molecule has 4 N–H and O–H groups in total. The van der Waals surface area contributed by atoms with Crippen molar-refractivity contribution < 1.29 is 0 Å². The molecule has 0 radical (unpaired) electrons. The van der Waals surface area contributed by atoms with Crippen LogP contribution in [0, 0.1) is 0 Å². The SMILES string of the molecule is CC.NSc1ccc(CNc2nc3ccc(Cl)nc3c(=O)[nH]2)cc1. The van der Waals surface area contributed by atoms with Crippen LogP contribution in [-0.2, 0) is 6.54 Å². The van der Waals surface area contributed by atoms with Crippen LogP contribution in [0.3, 0.4) is 0 Å². The number of hydrogen-bond acceptors (Lipinski definition) is 6. The number of fused-ring (bicyclic) bond motifs is 1. The van der Waals surface area contributed by atoms with E-state index in [4.69, 9.17) is 16.7 Å². The Kier molecular flexibility index (Phi) is 6.60. The molecule has 0 saturated heterocycles. The number of nitrogens with zero attached hydrogens (tertiary/aromatic N) is 2. The van der Waals surface area contributed by atoms with Gasteiger partial charge >= 0.3 is 0 Å². The Morgan fingerprint density at radius 3 is 2.54 bits per heavy atom. The summed E-state index contributed by atoms with van der Waals surface area (Å²) in [5.74, 6) is 0.388. The molecule has 126 valence electrons. The van der Waals surface area contributed by atoms with Crippen molar-refractivity contribution >= 4 is 40.5 Å². The normalized spacial score (nSPS) is 10.2. The third-order valence-electron chi connectivity index (χ3n) is 3.04. The first-order valence-electron chi connectivity index (χ1n) is 7.42. The minimum atomic E-state index is -0.329. The van der Waals surface area contributed by atoms with Gasteiger partial charge in [0, 0.05) is 11.4 Å². The van der Waals surface area contributed by atoms with Gasteiger partial charge < -0.3 is 5.32 Å². The van der Waals surface area contributed by atoms with Crippen LogP contribution in [0.4, 0.5) is 5.95 Å². The summed E-state index contributed by atoms with van der Waals surface area (Å²) in [5, 5.41) is 8.82. The molecule has 0 bridgehead atoms. The number of nitrogens with two attached hydrogens (primary N) is 1. The zero-order valence-corrected chi connectivity index (χ0v) is 14.9. The van der Waals surface area contributed by atoms with Crippen molar-refractivity contribution in [1.82, 2.24) is 15.0 Å². The smallest absolute Gasteiger partial charge is 0.278 e. The number of rotatable bonds is 4. The lowest BCUT2D eigenvalue weighted by molar-refractivity contribution is 1.05. The Hall–Kier alpha value is -2.09. The van der Waals surface area contributed by atoms with Crippen LogP contribution >= 0.6 is 23.5 Å². The number of nitrogens with one attached hydrogen (secondary N) is 2. The van der Waals surface area contributed by atoms with Crippen LogP contribution in [0.2, 0.25) is 5.15 Å². The molecule has 0 aliphatic carbocycles. The first-order chi connectivity index (χ1) is 11.7. The van der Waals surface area contributed by atoms with Crippen LogP contribution in [0.25, 0.3) is 11.0 Å². The van der Waals surface area contributed by atoms with Gasteiger partial charge in [-0.25, -0.2) is 9.97 Å². The van der Waals surface area contributed by atoms with E-state index in [1.165, 1.54) is 11.9 Å². The van der Waals surface area contributed by atoms with E-state index >= 15 is 0 Å². The third-order valence-corrected chi connectivity index (χ3v) is 3.79. The fourth-order valence-electron chi connectivity index (χ4n) is 1.96. The van der Waals surface area contributed by atoms with Crippen LogP contribution < -0.4 is 16.0 Å². The summed E-state index contributed by atoms with van der Waals surface area (Å²) >= 11 is 6.98. The summed E-state index contributed by atoms with van der Waals surface area (Å²) in [4.78, 5) is 23.9. The molecule has 0 amide bonds. The first-order valence-corrected chi connectivity index (χ1v) is 8.67. The highest BCUT2D eigenvalue weighted by atomic mass is 35.5. The lowest BCUT2D eigenvalue weighted by Crippen LogP contribution is -2.14. The van der Waals surface area contributed by atoms with Crippen LogP contribution in [0.15, 0.2) is 46.1 Å². The molecule has 3 aromatic rings. The standard InChI is InChI=1S/C14H12ClN5OS.C2H6/c15-11-6-5-10-12(19-11)13(21)20-14(18-10)17-7-8-1-3-9(22-16)4-2-8;1-2/h1-6H,7,16H2,(H2,17,18,20,21);1-2H3. The molecule has 0 aliphatic rings. The van der Waals surface area contributed by atoms with E-state index in [9.17, 15) is 4.79 Å². The summed E-state index contributed by atoms with van der Waals surface area (Å²) in [6.45, 7) is 4.53. The van der Waals surface area contributed by atoms with Gasteiger partial charge in [0.05, 0.1) is 5.52 Å². The molecule has 0 unspecified atom stereocenters. The highest BCUT2D eigenvalue weighted by molar-refractivity contribution is 7.97. The van der Waals surface area contributed by atoms with Crippen LogP contribution in [-0.4, -0.2) is 15.0 Å². The number of hydrogen-bond donors (Lipinski definition) is 3. The van der Waals surface area contributed by atoms with E-state index < -0.39 is 0 Å². The van der Waals surface area contributed by atoms with Crippen molar-refractivity contribution in [2.45, 2.75) is 25.3 Å². The predicted molar refractivity (Wildman–Crippen MR) is 100 cm³/mol. The molecular weight excluding hydrogens is 346 g/mol. The molecule has 3 rings (SSSR count). The molecule has 0 atom stereocenters. The van der Waals surface area contributed by atoms with Crippen molar-refractivity contribution in [3.05, 3.63) is 57.5 Å². The topological polar surface area (TPSA) is 96.7 Å². The lowest BCUT2D eigenvalue weighted by atomic mass is 10.2. The van der Waals surface area contributed by atoms with Gasteiger partial charge in [-0.15, -0.1) is 0 Å². The molecule has 0 spiro atoms. The molecule has 0 aliphatic heterocycles. The number of anilines is 1. The van der Waals surface area contributed by atoms with Gasteiger partial charge in [0.15, 0.2) is 5.52 Å². The Bertz CT molecular complexity index is 866. The van der Waals surface area contributed by atoms with Gasteiger partial charge in [-0.3, -0.25) is 14.9 Å². The van der Waals surface area contributed by atoms with E-state index in [1.807, 2.05) is 38.1 Å². The summed E-state index contributed by atoms with van der Waals surface area (Å²) in [6.07, 6.45) is 0. The summed E-state index contributed by atoms with van der Waals surface area (Å²) < 4.78 is 0. The number of aromatic nitrogens is 3. The zero-order chi connectivity index (χ0) is 17.5. The van der Waals surface area contributed by atoms with E-state index in [1.54, 1.807) is 12.1 Å². The molecule has 24 heavy (non-hydrogen) atoms. The lowest BCUT2D eigenvalue weighted by Gasteiger charge is -2.07. The van der Waals surface area contributed by atoms with E-state index in [0.29, 0.717) is 18.0 Å². The van der Waals surface area contributed by atoms with Gasteiger partial charge in [0.2, 0.25) is 5.95 Å². The highest BCUT2D eigenvalue weighted by Gasteiger charge is 2.05. The second-order valence-corrected chi connectivity index (χ2v) is 5.63. The molecule has 6 nitrogen and oxygen atoms in total. The molecule has 1 aromatic carbocycles. The Labute approximate surface area is 149 Å². The summed E-state index contributed by atoms with van der Waals surface area (Å²) in [6, 6.07) is 11.1. The molecule has 8 heteroatoms. The highest BCUT2D eigenvalue weighted by Crippen LogP contribution is 2.14. The maximum atomic E-state index is 12.0. The fraction of sp³-hybridized carbons (Fsp3) is 0.188. The van der Waals surface area contributed by atoms with Crippen molar-refractivity contribution in [1.29, 1.82) is 0 Å². The van der Waals surface area contributed by atoms with E-state index in [0.717, 1.165) is 10.5 Å². The molecule has 2 heterocycles. The van der Waals surface area contributed by atoms with Crippen molar-refractivity contribution in [2.75, 3.05) is 5.32 Å². The minimum absolute atomic E-state index is 0.224. The quantitative estimate of drug-likeness (QED) is 0.484. The maximum absolute atomic E-state index is 12.0. The second kappa shape index (κ2) is 8.68. The monoisotopic (exact) mass is 363 g/mol. The number of benzene rings is 1. The predicted octanol–water partition coefficient (Wildman–Crippen LogP) is 3.58. The van der Waals surface area contributed by atoms with Crippen LogP contribution in [0.5, 0.6) is 0 Å². The number of halogens is 1. The zero-order valence-electron chi connectivity index (χ0n) is 13.3. The summed E-state index contributed by atoms with van der Waals surface area (Å²) in [7, 11) is 0. The molecule has 0 saturated carbocycles. The number of pyridine rings is 1. The van der Waals surface area contributed by atoms with Crippen molar-refractivity contribution in [3.63, 3.8) is 0 Å². The van der Waals surface area contributed by atoms with Gasteiger partial charge in [-0.05, 0) is 41.8 Å². The van der Waals surface area contributed by atoms with Gasteiger partial charge in [0.1, 0.15) is 5.15 Å². The second-order valence-electron chi connectivity index (χ2n) is 4.53. The van der Waals surface area contributed by atoms with Crippen molar-refractivity contribution in [3.8, 4) is 0 Å². The van der Waals surface area contributed by atoms with Gasteiger partial charge in [-0.1, -0.05) is 37.6 Å². The molecular formula is C16H18ClN5OS. The maximum Gasteiger partial charge on any atom is 0.278 e. The van der Waals surface area contributed by atoms with Crippen molar-refractivity contribution in [2.24, 2.45) is 5.14 Å². The third kappa shape index (κ3) is 4.47. The average molecular weight is 364 g/mol. The van der Waals surface area contributed by atoms with Gasteiger partial charge in [0.25, 0.3) is 5.56 Å². The number of H-pyrrole nitrogens is 1. The summed E-state index contributed by atoms with van der Waals surface area (Å²) in [5.41, 5.74) is 1.44. The molecule has 2 aromatic heterocycles. The Morgan fingerprint density at radius 1 is 1.17 bits per heavy atom. The fourth-order valence-corrected chi connectivity index (χ4v) is 2.40. The van der Waals surface area contributed by atoms with E-state index in [-0.39, 0.29) is 16.2 Å². The van der Waals surface area contributed by atoms with Crippen LogP contribution in [0.1, 0.15) is 19.4 Å². The Morgan fingerprint density at radius 2 is 1.88 bits per heavy atom. The average Bonchev–Trinajstić information content (AvgIpc) is 2.63.